The largest absolute Gasteiger partial charge is 0.573 e. The van der Waals surface area contributed by atoms with Crippen molar-refractivity contribution in [1.29, 1.82) is 0 Å². The van der Waals surface area contributed by atoms with Crippen LogP contribution in [0, 0.1) is 5.41 Å². The van der Waals surface area contributed by atoms with E-state index in [1.807, 2.05) is 18.2 Å². The number of rotatable bonds is 12. The SMILES string of the molecule is NC1(C(=O)CCCCn2cc(-c3ccc(OC(F)(F)F)cc3)c3cc(CN4CCCC5(CCN(Cc6c(Cl)cccc6Cl)CC5)C4)ccc32)CCNCC1. The van der Waals surface area contributed by atoms with E-state index in [9.17, 15) is 18.0 Å². The Morgan fingerprint density at radius 3 is 2.30 bits per heavy atom. The van der Waals surface area contributed by atoms with E-state index in [-0.39, 0.29) is 16.9 Å². The fourth-order valence-electron chi connectivity index (χ4n) is 8.87. The monoisotopic (exact) mass is 783 g/mol. The molecule has 3 N–H and O–H groups in total. The summed E-state index contributed by atoms with van der Waals surface area (Å²) in [5, 5.41) is 5.78. The highest BCUT2D eigenvalue weighted by Crippen LogP contribution is 2.42. The smallest absolute Gasteiger partial charge is 0.406 e. The van der Waals surface area contributed by atoms with E-state index in [0.717, 1.165) is 122 Å². The highest BCUT2D eigenvalue weighted by Gasteiger charge is 2.39. The number of halogens is 5. The van der Waals surface area contributed by atoms with E-state index in [0.29, 0.717) is 25.8 Å². The van der Waals surface area contributed by atoms with Crippen molar-refractivity contribution in [2.24, 2.45) is 11.1 Å². The lowest BCUT2D eigenvalue weighted by Crippen LogP contribution is -2.54. The van der Waals surface area contributed by atoms with E-state index < -0.39 is 11.9 Å². The van der Waals surface area contributed by atoms with Gasteiger partial charge in [0.05, 0.1) is 5.54 Å². The summed E-state index contributed by atoms with van der Waals surface area (Å²) < 4.78 is 45.1. The first kappa shape index (κ1) is 39.1. The van der Waals surface area contributed by atoms with Crippen LogP contribution in [0.1, 0.15) is 68.9 Å². The molecule has 0 aliphatic carbocycles. The van der Waals surface area contributed by atoms with E-state index in [1.54, 1.807) is 12.1 Å². The Balaban J connectivity index is 1.04. The van der Waals surface area contributed by atoms with Gasteiger partial charge in [-0.15, -0.1) is 13.2 Å². The second-order valence-electron chi connectivity index (χ2n) is 15.7. The third kappa shape index (κ3) is 9.28. The maximum absolute atomic E-state index is 13.0. The average molecular weight is 785 g/mol. The lowest BCUT2D eigenvalue weighted by Gasteiger charge is -2.48. The molecule has 4 heterocycles. The molecule has 4 aromatic rings. The summed E-state index contributed by atoms with van der Waals surface area (Å²) >= 11 is 13.0. The molecule has 0 saturated carbocycles. The van der Waals surface area contributed by atoms with E-state index >= 15 is 0 Å². The van der Waals surface area contributed by atoms with E-state index in [2.05, 4.69) is 48.8 Å². The Morgan fingerprint density at radius 2 is 1.59 bits per heavy atom. The number of carbonyl (C=O) groups excluding carboxylic acids is 1. The van der Waals surface area contributed by atoms with Crippen LogP contribution in [-0.4, -0.2) is 71.3 Å². The Hall–Kier alpha value is -3.12. The zero-order valence-corrected chi connectivity index (χ0v) is 32.2. The van der Waals surface area contributed by atoms with Gasteiger partial charge < -0.3 is 20.4 Å². The van der Waals surface area contributed by atoms with Crippen molar-refractivity contribution in [1.82, 2.24) is 19.7 Å². The predicted octanol–water partition coefficient (Wildman–Crippen LogP) is 9.21. The number of alkyl halides is 3. The predicted molar refractivity (Wildman–Crippen MR) is 210 cm³/mol. The van der Waals surface area contributed by atoms with Crippen LogP contribution in [0.15, 0.2) is 66.9 Å². The Morgan fingerprint density at radius 1 is 0.870 bits per heavy atom. The molecular formula is C42H50Cl2F3N5O2. The van der Waals surface area contributed by atoms with Crippen LogP contribution < -0.4 is 15.8 Å². The number of aryl methyl sites for hydroxylation is 1. The van der Waals surface area contributed by atoms with E-state index in [1.165, 1.54) is 24.1 Å². The number of hydrogen-bond donors (Lipinski definition) is 2. The molecule has 0 bridgehead atoms. The maximum atomic E-state index is 13.0. The van der Waals surface area contributed by atoms with Crippen LogP contribution in [0.2, 0.25) is 10.0 Å². The van der Waals surface area contributed by atoms with Gasteiger partial charge >= 0.3 is 6.36 Å². The van der Waals surface area contributed by atoms with Crippen LogP contribution in [0.3, 0.4) is 0 Å². The number of nitrogens with zero attached hydrogens (tertiary/aromatic N) is 3. The van der Waals surface area contributed by atoms with Gasteiger partial charge in [-0.2, -0.15) is 0 Å². The number of fused-ring (bicyclic) bond motifs is 1. The van der Waals surface area contributed by atoms with Gasteiger partial charge in [0.25, 0.3) is 0 Å². The van der Waals surface area contributed by atoms with Gasteiger partial charge in [0.2, 0.25) is 0 Å². The lowest BCUT2D eigenvalue weighted by molar-refractivity contribution is -0.274. The van der Waals surface area contributed by atoms with Gasteiger partial charge in [-0.25, -0.2) is 0 Å². The van der Waals surface area contributed by atoms with Crippen molar-refractivity contribution >= 4 is 39.9 Å². The maximum Gasteiger partial charge on any atom is 0.573 e. The first-order valence-corrected chi connectivity index (χ1v) is 20.0. The number of carbonyl (C=O) groups is 1. The summed E-state index contributed by atoms with van der Waals surface area (Å²) in [5.74, 6) is -0.107. The summed E-state index contributed by atoms with van der Waals surface area (Å²) in [5.41, 5.74) is 11.1. The number of benzene rings is 3. The fraction of sp³-hybridized carbons (Fsp3) is 0.500. The molecule has 12 heteroatoms. The molecule has 1 spiro atoms. The molecular weight excluding hydrogens is 734 g/mol. The second kappa shape index (κ2) is 16.5. The van der Waals surface area contributed by atoms with Gasteiger partial charge in [-0.05, 0) is 137 Å². The first-order valence-electron chi connectivity index (χ1n) is 19.3. The van der Waals surface area contributed by atoms with Crippen LogP contribution in [0.4, 0.5) is 13.2 Å². The number of ketones is 1. The number of ether oxygens (including phenoxy) is 1. The number of nitrogens with two attached hydrogens (primary N) is 1. The van der Waals surface area contributed by atoms with Crippen molar-refractivity contribution in [3.8, 4) is 16.9 Å². The summed E-state index contributed by atoms with van der Waals surface area (Å²) in [6, 6.07) is 18.4. The fourth-order valence-corrected chi connectivity index (χ4v) is 9.38. The normalized spacial score (nSPS) is 19.4. The third-order valence-corrected chi connectivity index (χ3v) is 12.7. The molecule has 54 heavy (non-hydrogen) atoms. The van der Waals surface area contributed by atoms with Crippen LogP contribution >= 0.6 is 23.2 Å². The van der Waals surface area contributed by atoms with E-state index in [4.69, 9.17) is 28.9 Å². The highest BCUT2D eigenvalue weighted by atomic mass is 35.5. The molecule has 290 valence electrons. The first-order chi connectivity index (χ1) is 25.9. The van der Waals surface area contributed by atoms with Crippen LogP contribution in [-0.2, 0) is 24.4 Å². The zero-order chi connectivity index (χ0) is 37.9. The third-order valence-electron chi connectivity index (χ3n) is 12.0. The number of Topliss-reactive ketones (excluding diaryl/α,β-unsaturated/α-hetero) is 1. The number of aromatic nitrogens is 1. The molecule has 0 amide bonds. The second-order valence-corrected chi connectivity index (χ2v) is 16.6. The van der Waals surface area contributed by atoms with Crippen molar-refractivity contribution in [3.63, 3.8) is 0 Å². The highest BCUT2D eigenvalue weighted by molar-refractivity contribution is 6.36. The lowest BCUT2D eigenvalue weighted by atomic mass is 9.72. The minimum Gasteiger partial charge on any atom is -0.406 e. The van der Waals surface area contributed by atoms with Crippen molar-refractivity contribution in [3.05, 3.63) is 88.0 Å². The molecule has 0 radical (unpaired) electrons. The molecule has 7 nitrogen and oxygen atoms in total. The van der Waals surface area contributed by atoms with Crippen molar-refractivity contribution < 1.29 is 22.7 Å². The zero-order valence-electron chi connectivity index (χ0n) is 30.7. The Kier molecular flexibility index (Phi) is 12.0. The average Bonchev–Trinajstić information content (AvgIpc) is 3.50. The number of likely N-dealkylation sites (tertiary alicyclic amines) is 2. The van der Waals surface area contributed by atoms with Gasteiger partial charge in [-0.1, -0.05) is 47.5 Å². The number of hydrogen-bond acceptors (Lipinski definition) is 6. The molecule has 1 aromatic heterocycles. The molecule has 3 aliphatic heterocycles. The molecule has 0 unspecified atom stereocenters. The Bertz CT molecular complexity index is 1900. The summed E-state index contributed by atoms with van der Waals surface area (Å²) in [7, 11) is 0. The summed E-state index contributed by atoms with van der Waals surface area (Å²) in [6.07, 6.45) is 5.36. The quantitative estimate of drug-likeness (QED) is 0.140. The molecule has 0 atom stereocenters. The van der Waals surface area contributed by atoms with Gasteiger partial charge in [0.15, 0.2) is 5.78 Å². The molecule has 3 aliphatic rings. The van der Waals surface area contributed by atoms with Crippen LogP contribution in [0.5, 0.6) is 5.75 Å². The standard InChI is InChI=1S/C42H50Cl2F3N5O2/c43-36-5-3-6-37(44)35(36)27-50-23-17-40(18-24-50)14-4-21-51(29-40)26-30-8-13-38-33(25-30)34(31-9-11-32(12-10-31)54-42(45,46)47)28-52(38)22-2-1-7-39(53)41(48)15-19-49-20-16-41/h3,5-6,8-13,25,28,49H,1-2,4,7,14-24,26-27,29,48H2. The molecule has 3 saturated heterocycles. The molecule has 3 aromatic carbocycles. The minimum absolute atomic E-state index is 0.139. The van der Waals surface area contributed by atoms with Crippen LogP contribution in [0.25, 0.3) is 22.0 Å². The summed E-state index contributed by atoms with van der Waals surface area (Å²) in [4.78, 5) is 18.1. The van der Waals surface area contributed by atoms with Gasteiger partial charge in [0.1, 0.15) is 5.75 Å². The van der Waals surface area contributed by atoms with Gasteiger partial charge in [-0.3, -0.25) is 14.6 Å². The van der Waals surface area contributed by atoms with Crippen molar-refractivity contribution in [2.75, 3.05) is 39.3 Å². The Labute approximate surface area is 325 Å². The topological polar surface area (TPSA) is 75.8 Å². The van der Waals surface area contributed by atoms with Crippen molar-refractivity contribution in [2.45, 2.75) is 89.3 Å². The van der Waals surface area contributed by atoms with Gasteiger partial charge in [0, 0.05) is 70.9 Å². The molecule has 3 fully saturated rings. The molecule has 7 rings (SSSR count). The minimum atomic E-state index is -4.75. The number of nitrogens with one attached hydrogen (secondary N) is 1. The summed E-state index contributed by atoms with van der Waals surface area (Å²) in [6.45, 7) is 7.99. The number of piperidine rings is 3. The number of unbranched alkanes of at least 4 members (excludes halogenated alkanes) is 1.